The summed E-state index contributed by atoms with van der Waals surface area (Å²) in [6.45, 7) is 3.95. The highest BCUT2D eigenvalue weighted by Crippen LogP contribution is 2.40. The first kappa shape index (κ1) is 15.3. The van der Waals surface area contributed by atoms with Gasteiger partial charge < -0.3 is 14.2 Å². The number of thiazole rings is 1. The van der Waals surface area contributed by atoms with E-state index in [1.165, 1.54) is 11.3 Å². The molecule has 112 valence electrons. The van der Waals surface area contributed by atoms with Crippen molar-refractivity contribution < 1.29 is 19.0 Å². The van der Waals surface area contributed by atoms with E-state index in [0.717, 1.165) is 5.01 Å². The van der Waals surface area contributed by atoms with Gasteiger partial charge in [0.1, 0.15) is 10.6 Å². The summed E-state index contributed by atoms with van der Waals surface area (Å²) in [6, 6.07) is 5.48. The van der Waals surface area contributed by atoms with Crippen LogP contribution >= 0.6 is 11.3 Å². The monoisotopic (exact) mass is 307 g/mol. The number of rotatable bonds is 5. The van der Waals surface area contributed by atoms with Crippen LogP contribution in [0.4, 0.5) is 0 Å². The number of hydrogen-bond donors (Lipinski definition) is 0. The zero-order chi connectivity index (χ0) is 15.4. The van der Waals surface area contributed by atoms with Crippen LogP contribution in [0.1, 0.15) is 21.6 Å². The highest BCUT2D eigenvalue weighted by Gasteiger charge is 2.23. The Morgan fingerprint density at radius 3 is 2.67 bits per heavy atom. The van der Waals surface area contributed by atoms with Crippen molar-refractivity contribution in [2.45, 2.75) is 13.8 Å². The normalized spacial score (nSPS) is 10.3. The molecule has 0 spiro atoms. The van der Waals surface area contributed by atoms with Crippen molar-refractivity contribution in [1.82, 2.24) is 4.98 Å². The Balaban J connectivity index is 2.59. The Labute approximate surface area is 127 Å². The second kappa shape index (κ2) is 6.58. The molecule has 2 rings (SSSR count). The molecular formula is C15H17NO4S. The Bertz CT molecular complexity index is 651. The maximum absolute atomic E-state index is 12.1. The number of aryl methyl sites for hydroxylation is 1. The number of ether oxygens (including phenoxy) is 3. The molecule has 0 saturated heterocycles. The van der Waals surface area contributed by atoms with Gasteiger partial charge in [0, 0.05) is 5.56 Å². The summed E-state index contributed by atoms with van der Waals surface area (Å²) in [6.07, 6.45) is 0. The fourth-order valence-corrected chi connectivity index (χ4v) is 2.85. The average molecular weight is 307 g/mol. The highest BCUT2D eigenvalue weighted by atomic mass is 32.1. The van der Waals surface area contributed by atoms with Gasteiger partial charge in [0.25, 0.3) is 0 Å². The summed E-state index contributed by atoms with van der Waals surface area (Å²) in [5.74, 6) is 0.772. The molecule has 0 unspecified atom stereocenters. The van der Waals surface area contributed by atoms with Gasteiger partial charge in [-0.25, -0.2) is 9.78 Å². The Hall–Kier alpha value is -2.08. The van der Waals surface area contributed by atoms with Crippen LogP contribution < -0.4 is 9.47 Å². The fourth-order valence-electron chi connectivity index (χ4n) is 2.02. The number of para-hydroxylation sites is 1. The van der Waals surface area contributed by atoms with Crippen molar-refractivity contribution in [3.05, 3.63) is 28.1 Å². The molecule has 5 nitrogen and oxygen atoms in total. The second-order valence-corrected chi connectivity index (χ2v) is 5.38. The summed E-state index contributed by atoms with van der Waals surface area (Å²) < 4.78 is 15.8. The quantitative estimate of drug-likeness (QED) is 0.793. The molecule has 1 aromatic heterocycles. The molecule has 0 saturated carbocycles. The highest BCUT2D eigenvalue weighted by molar-refractivity contribution is 7.14. The average Bonchev–Trinajstić information content (AvgIpc) is 2.88. The SMILES string of the molecule is CCOC(=O)c1sc(C)nc1-c1cccc(OC)c1OC. The number of hydrogen-bond acceptors (Lipinski definition) is 6. The summed E-state index contributed by atoms with van der Waals surface area (Å²) in [7, 11) is 3.13. The van der Waals surface area contributed by atoms with Gasteiger partial charge >= 0.3 is 5.97 Å². The van der Waals surface area contributed by atoms with E-state index in [-0.39, 0.29) is 5.97 Å². The first-order valence-electron chi connectivity index (χ1n) is 6.48. The van der Waals surface area contributed by atoms with Gasteiger partial charge in [-0.1, -0.05) is 6.07 Å². The summed E-state index contributed by atoms with van der Waals surface area (Å²) in [5.41, 5.74) is 1.27. The van der Waals surface area contributed by atoms with E-state index in [1.54, 1.807) is 27.2 Å². The minimum atomic E-state index is -0.372. The molecule has 21 heavy (non-hydrogen) atoms. The largest absolute Gasteiger partial charge is 0.493 e. The Morgan fingerprint density at radius 1 is 1.29 bits per heavy atom. The van der Waals surface area contributed by atoms with Crippen LogP contribution in [0.3, 0.4) is 0 Å². The van der Waals surface area contributed by atoms with E-state index >= 15 is 0 Å². The maximum atomic E-state index is 12.1. The zero-order valence-electron chi connectivity index (χ0n) is 12.4. The minimum absolute atomic E-state index is 0.324. The lowest BCUT2D eigenvalue weighted by Gasteiger charge is -2.12. The van der Waals surface area contributed by atoms with E-state index in [4.69, 9.17) is 14.2 Å². The number of methoxy groups -OCH3 is 2. The van der Waals surface area contributed by atoms with E-state index in [9.17, 15) is 4.79 Å². The van der Waals surface area contributed by atoms with Crippen molar-refractivity contribution in [2.75, 3.05) is 20.8 Å². The van der Waals surface area contributed by atoms with Crippen LogP contribution in [-0.2, 0) is 4.74 Å². The van der Waals surface area contributed by atoms with Gasteiger partial charge in [-0.3, -0.25) is 0 Å². The van der Waals surface area contributed by atoms with Crippen molar-refractivity contribution in [1.29, 1.82) is 0 Å². The van der Waals surface area contributed by atoms with Crippen LogP contribution in [0.5, 0.6) is 11.5 Å². The first-order valence-corrected chi connectivity index (χ1v) is 7.29. The smallest absolute Gasteiger partial charge is 0.350 e. The maximum Gasteiger partial charge on any atom is 0.350 e. The zero-order valence-corrected chi connectivity index (χ0v) is 13.2. The van der Waals surface area contributed by atoms with Gasteiger partial charge in [-0.15, -0.1) is 11.3 Å². The number of benzene rings is 1. The van der Waals surface area contributed by atoms with Crippen LogP contribution in [-0.4, -0.2) is 31.8 Å². The fraction of sp³-hybridized carbons (Fsp3) is 0.333. The van der Waals surface area contributed by atoms with E-state index in [2.05, 4.69) is 4.98 Å². The van der Waals surface area contributed by atoms with Gasteiger partial charge in [-0.05, 0) is 26.0 Å². The molecule has 0 bridgehead atoms. The molecule has 2 aromatic rings. The molecule has 0 amide bonds. The molecule has 6 heteroatoms. The molecule has 0 aliphatic carbocycles. The van der Waals surface area contributed by atoms with E-state index < -0.39 is 0 Å². The number of carbonyl (C=O) groups is 1. The number of nitrogens with zero attached hydrogens (tertiary/aromatic N) is 1. The molecule has 0 aliphatic rings. The second-order valence-electron chi connectivity index (χ2n) is 4.17. The van der Waals surface area contributed by atoms with Crippen molar-refractivity contribution in [2.24, 2.45) is 0 Å². The molecule has 0 N–H and O–H groups in total. The molecule has 1 heterocycles. The lowest BCUT2D eigenvalue weighted by molar-refractivity contribution is 0.0532. The third kappa shape index (κ3) is 3.00. The summed E-state index contributed by atoms with van der Waals surface area (Å²) >= 11 is 1.31. The van der Waals surface area contributed by atoms with Gasteiger partial charge in [0.2, 0.25) is 0 Å². The molecular weight excluding hydrogens is 290 g/mol. The third-order valence-electron chi connectivity index (χ3n) is 2.85. The van der Waals surface area contributed by atoms with Gasteiger partial charge in [0.05, 0.1) is 25.8 Å². The molecule has 1 aromatic carbocycles. The van der Waals surface area contributed by atoms with Crippen LogP contribution in [0.2, 0.25) is 0 Å². The van der Waals surface area contributed by atoms with Crippen molar-refractivity contribution in [3.8, 4) is 22.8 Å². The topological polar surface area (TPSA) is 57.7 Å². The van der Waals surface area contributed by atoms with Crippen LogP contribution in [0.15, 0.2) is 18.2 Å². The summed E-state index contributed by atoms with van der Waals surface area (Å²) in [5, 5.41) is 0.790. The Morgan fingerprint density at radius 2 is 2.05 bits per heavy atom. The van der Waals surface area contributed by atoms with Gasteiger partial charge in [-0.2, -0.15) is 0 Å². The van der Waals surface area contributed by atoms with Crippen LogP contribution in [0.25, 0.3) is 11.3 Å². The third-order valence-corrected chi connectivity index (χ3v) is 3.80. The van der Waals surface area contributed by atoms with Crippen LogP contribution in [0, 0.1) is 6.92 Å². The predicted octanol–water partition coefficient (Wildman–Crippen LogP) is 3.31. The Kier molecular flexibility index (Phi) is 4.80. The molecule has 0 fully saturated rings. The van der Waals surface area contributed by atoms with Crippen molar-refractivity contribution >= 4 is 17.3 Å². The predicted molar refractivity (Wildman–Crippen MR) is 81.3 cm³/mol. The molecule has 0 atom stereocenters. The van der Waals surface area contributed by atoms with Gasteiger partial charge in [0.15, 0.2) is 11.5 Å². The lowest BCUT2D eigenvalue weighted by Crippen LogP contribution is -2.04. The lowest BCUT2D eigenvalue weighted by atomic mass is 10.1. The minimum Gasteiger partial charge on any atom is -0.493 e. The van der Waals surface area contributed by atoms with Crippen molar-refractivity contribution in [3.63, 3.8) is 0 Å². The molecule has 0 radical (unpaired) electrons. The van der Waals surface area contributed by atoms with E-state index in [1.807, 2.05) is 19.1 Å². The number of esters is 1. The number of carbonyl (C=O) groups excluding carboxylic acids is 1. The van der Waals surface area contributed by atoms with E-state index in [0.29, 0.717) is 34.2 Å². The summed E-state index contributed by atoms with van der Waals surface area (Å²) in [4.78, 5) is 17.0. The standard InChI is InChI=1S/C15H17NO4S/c1-5-20-15(17)14-12(16-9(2)21-14)10-7-6-8-11(18-3)13(10)19-4/h6-8H,5H2,1-4H3. The number of aromatic nitrogens is 1. The molecule has 0 aliphatic heterocycles. The first-order chi connectivity index (χ1) is 10.1.